The Balaban J connectivity index is 2.31. The third-order valence-electron chi connectivity index (χ3n) is 2.49. The van der Waals surface area contributed by atoms with E-state index in [1.807, 2.05) is 19.9 Å². The van der Waals surface area contributed by atoms with Gasteiger partial charge < -0.3 is 9.47 Å². The summed E-state index contributed by atoms with van der Waals surface area (Å²) in [6.07, 6.45) is 0. The highest BCUT2D eigenvalue weighted by atomic mass is 32.2. The molecule has 0 radical (unpaired) electrons. The maximum Gasteiger partial charge on any atom is 0.246 e. The maximum atomic E-state index is 11.8. The van der Waals surface area contributed by atoms with E-state index in [2.05, 4.69) is 12.6 Å². The summed E-state index contributed by atoms with van der Waals surface area (Å²) in [5, 5.41) is 0.646. The molecule has 0 N–H and O–H groups in total. The zero-order valence-electron chi connectivity index (χ0n) is 9.31. The Morgan fingerprint density at radius 1 is 1.18 bits per heavy atom. The van der Waals surface area contributed by atoms with Crippen molar-refractivity contribution >= 4 is 34.1 Å². The van der Waals surface area contributed by atoms with E-state index in [4.69, 9.17) is 9.47 Å². The molecule has 0 unspecified atom stereocenters. The monoisotopic (exact) mass is 266 g/mol. The molecule has 3 rings (SSSR count). The number of hydrogen-bond donors (Lipinski definition) is 1. The first-order chi connectivity index (χ1) is 7.94. The lowest BCUT2D eigenvalue weighted by molar-refractivity contribution is -0.0431. The van der Waals surface area contributed by atoms with Crippen LogP contribution in [0.2, 0.25) is 0 Å². The molecule has 0 saturated heterocycles. The molecule has 3 nitrogen and oxygen atoms in total. The standard InChI is InChI=1S/C12H10O3S2/c1-12(2)14-8-3-6-7(13)4-11(16)17-10(6)5-9(8)15-12/h3-5,16H,1-2H3. The maximum absolute atomic E-state index is 11.8. The predicted octanol–water partition coefficient (Wildman–Crippen LogP) is 3.06. The van der Waals surface area contributed by atoms with Crippen LogP contribution in [-0.2, 0) is 0 Å². The SMILES string of the molecule is CC1(C)Oc2cc3sc(S)cc(=O)c3cc2O1. The second-order valence-electron chi connectivity index (χ2n) is 4.35. The molecule has 17 heavy (non-hydrogen) atoms. The van der Waals surface area contributed by atoms with Crippen molar-refractivity contribution < 1.29 is 9.47 Å². The Kier molecular flexibility index (Phi) is 2.18. The number of ether oxygens (including phenoxy) is 2. The number of thiol groups is 1. The minimum atomic E-state index is -0.669. The Bertz CT molecular complexity index is 673. The van der Waals surface area contributed by atoms with Crippen molar-refractivity contribution in [2.24, 2.45) is 0 Å². The van der Waals surface area contributed by atoms with Gasteiger partial charge in [0.05, 0.1) is 4.21 Å². The van der Waals surface area contributed by atoms with Crippen molar-refractivity contribution in [2.75, 3.05) is 0 Å². The quantitative estimate of drug-likeness (QED) is 0.744. The van der Waals surface area contributed by atoms with Crippen LogP contribution in [0.25, 0.3) is 10.1 Å². The predicted molar refractivity (Wildman–Crippen MR) is 70.7 cm³/mol. The van der Waals surface area contributed by atoms with Gasteiger partial charge in [-0.3, -0.25) is 4.79 Å². The zero-order valence-corrected chi connectivity index (χ0v) is 11.0. The van der Waals surface area contributed by atoms with Gasteiger partial charge in [0, 0.05) is 36.1 Å². The highest BCUT2D eigenvalue weighted by Crippen LogP contribution is 2.42. The Morgan fingerprint density at radius 3 is 2.53 bits per heavy atom. The summed E-state index contributed by atoms with van der Waals surface area (Å²) in [6, 6.07) is 5.10. The molecule has 1 aliphatic rings. The first kappa shape index (κ1) is 10.9. The van der Waals surface area contributed by atoms with Crippen molar-refractivity contribution in [3.8, 4) is 11.5 Å². The van der Waals surface area contributed by atoms with E-state index < -0.39 is 5.79 Å². The number of hydrogen-bond acceptors (Lipinski definition) is 5. The molecule has 2 aromatic rings. The summed E-state index contributed by atoms with van der Waals surface area (Å²) < 4.78 is 12.8. The van der Waals surface area contributed by atoms with Crippen molar-refractivity contribution in [3.63, 3.8) is 0 Å². The average Bonchev–Trinajstić information content (AvgIpc) is 2.48. The second-order valence-corrected chi connectivity index (χ2v) is 6.22. The molecule has 0 atom stereocenters. The number of rotatable bonds is 0. The molecule has 0 amide bonds. The van der Waals surface area contributed by atoms with Gasteiger partial charge >= 0.3 is 0 Å². The van der Waals surface area contributed by atoms with Crippen LogP contribution < -0.4 is 14.9 Å². The fourth-order valence-corrected chi connectivity index (χ4v) is 3.10. The number of benzene rings is 1. The van der Waals surface area contributed by atoms with Gasteiger partial charge in [0.1, 0.15) is 0 Å². The summed E-state index contributed by atoms with van der Waals surface area (Å²) in [5.74, 6) is 0.632. The van der Waals surface area contributed by atoms with Crippen molar-refractivity contribution in [3.05, 3.63) is 28.4 Å². The lowest BCUT2D eigenvalue weighted by Gasteiger charge is -2.16. The van der Waals surface area contributed by atoms with Gasteiger partial charge in [0.2, 0.25) is 5.79 Å². The second kappa shape index (κ2) is 3.40. The van der Waals surface area contributed by atoms with Gasteiger partial charge in [-0.05, 0) is 6.07 Å². The first-order valence-corrected chi connectivity index (χ1v) is 6.40. The van der Waals surface area contributed by atoms with E-state index in [9.17, 15) is 4.79 Å². The van der Waals surface area contributed by atoms with Crippen LogP contribution in [-0.4, -0.2) is 5.79 Å². The van der Waals surface area contributed by atoms with E-state index in [0.29, 0.717) is 21.1 Å². The van der Waals surface area contributed by atoms with E-state index >= 15 is 0 Å². The van der Waals surface area contributed by atoms with Crippen LogP contribution in [0.5, 0.6) is 11.5 Å². The minimum Gasteiger partial charge on any atom is -0.449 e. The molecule has 0 saturated carbocycles. The molecule has 1 aromatic carbocycles. The Hall–Kier alpha value is -1.20. The molecule has 1 aromatic heterocycles. The molecule has 0 bridgehead atoms. The lowest BCUT2D eigenvalue weighted by Crippen LogP contribution is -2.29. The van der Waals surface area contributed by atoms with Crippen LogP contribution >= 0.6 is 24.0 Å². The molecular weight excluding hydrogens is 256 g/mol. The van der Waals surface area contributed by atoms with E-state index in [0.717, 1.165) is 4.70 Å². The average molecular weight is 266 g/mol. The zero-order chi connectivity index (χ0) is 12.2. The highest BCUT2D eigenvalue weighted by molar-refractivity contribution is 7.83. The van der Waals surface area contributed by atoms with Gasteiger partial charge in [-0.2, -0.15) is 0 Å². The van der Waals surface area contributed by atoms with Crippen molar-refractivity contribution in [1.29, 1.82) is 0 Å². The van der Waals surface area contributed by atoms with Gasteiger partial charge in [-0.25, -0.2) is 0 Å². The Labute approximate surface area is 107 Å². The molecule has 0 fully saturated rings. The Morgan fingerprint density at radius 2 is 1.82 bits per heavy atom. The molecule has 0 aliphatic carbocycles. The number of fused-ring (bicyclic) bond motifs is 2. The fraction of sp³-hybridized carbons (Fsp3) is 0.250. The van der Waals surface area contributed by atoms with Crippen LogP contribution in [0.3, 0.4) is 0 Å². The minimum absolute atomic E-state index is 0.0418. The van der Waals surface area contributed by atoms with E-state index in [-0.39, 0.29) is 5.43 Å². The molecular formula is C12H10O3S2. The third-order valence-corrected chi connectivity index (χ3v) is 3.78. The summed E-state index contributed by atoms with van der Waals surface area (Å²) in [4.78, 5) is 11.8. The van der Waals surface area contributed by atoms with Crippen molar-refractivity contribution in [1.82, 2.24) is 0 Å². The van der Waals surface area contributed by atoms with Gasteiger partial charge in [-0.15, -0.1) is 24.0 Å². The molecule has 0 spiro atoms. The molecule has 2 heterocycles. The van der Waals surface area contributed by atoms with Crippen LogP contribution in [0.15, 0.2) is 27.2 Å². The summed E-state index contributed by atoms with van der Waals surface area (Å²) in [6.45, 7) is 3.67. The summed E-state index contributed by atoms with van der Waals surface area (Å²) in [5.41, 5.74) is -0.0418. The van der Waals surface area contributed by atoms with Gasteiger partial charge in [0.25, 0.3) is 0 Å². The lowest BCUT2D eigenvalue weighted by atomic mass is 10.2. The summed E-state index contributed by atoms with van der Waals surface area (Å²) >= 11 is 5.67. The van der Waals surface area contributed by atoms with Gasteiger partial charge in [0.15, 0.2) is 16.9 Å². The van der Waals surface area contributed by atoms with Crippen LogP contribution in [0.1, 0.15) is 13.8 Å². The fourth-order valence-electron chi connectivity index (χ4n) is 1.86. The molecule has 88 valence electrons. The van der Waals surface area contributed by atoms with Crippen LogP contribution in [0.4, 0.5) is 0 Å². The topological polar surface area (TPSA) is 35.5 Å². The molecule has 5 heteroatoms. The smallest absolute Gasteiger partial charge is 0.246 e. The molecule has 1 aliphatic heterocycles. The largest absolute Gasteiger partial charge is 0.449 e. The van der Waals surface area contributed by atoms with E-state index in [1.165, 1.54) is 17.4 Å². The highest BCUT2D eigenvalue weighted by Gasteiger charge is 2.32. The van der Waals surface area contributed by atoms with Gasteiger partial charge in [-0.1, -0.05) is 0 Å². The van der Waals surface area contributed by atoms with Crippen molar-refractivity contribution in [2.45, 2.75) is 23.8 Å². The van der Waals surface area contributed by atoms with E-state index in [1.54, 1.807) is 6.07 Å². The van der Waals surface area contributed by atoms with Crippen LogP contribution in [0, 0.1) is 0 Å². The normalized spacial score (nSPS) is 16.4. The third kappa shape index (κ3) is 1.79. The first-order valence-electron chi connectivity index (χ1n) is 5.13. The summed E-state index contributed by atoms with van der Waals surface area (Å²) in [7, 11) is 0.